The Morgan fingerprint density at radius 3 is 2.78 bits per heavy atom. The van der Waals surface area contributed by atoms with E-state index in [1.165, 1.54) is 11.2 Å². The van der Waals surface area contributed by atoms with Crippen LogP contribution >= 0.6 is 0 Å². The average molecular weight is 373 g/mol. The molecule has 2 aromatic heterocycles. The van der Waals surface area contributed by atoms with Crippen LogP contribution in [0.2, 0.25) is 0 Å². The lowest BCUT2D eigenvalue weighted by Gasteiger charge is -2.37. The van der Waals surface area contributed by atoms with Crippen molar-refractivity contribution in [1.82, 2.24) is 29.4 Å². The van der Waals surface area contributed by atoms with E-state index < -0.39 is 0 Å². The second-order valence-corrected chi connectivity index (χ2v) is 6.89. The Hall–Kier alpha value is -2.75. The number of carbonyl (C=O) groups is 2. The minimum atomic E-state index is -0.200. The minimum absolute atomic E-state index is 0.0689. The molecule has 0 N–H and O–H groups in total. The van der Waals surface area contributed by atoms with Crippen molar-refractivity contribution in [2.45, 2.75) is 25.8 Å². The van der Waals surface area contributed by atoms with Crippen molar-refractivity contribution >= 4 is 23.5 Å². The lowest BCUT2D eigenvalue weighted by Crippen LogP contribution is -2.47. The molecule has 4 rings (SSSR count). The molecular weight excluding hydrogens is 350 g/mol. The molecular formula is C17H23N7O3. The third kappa shape index (κ3) is 3.20. The van der Waals surface area contributed by atoms with E-state index in [-0.39, 0.29) is 24.5 Å². The van der Waals surface area contributed by atoms with E-state index in [1.807, 2.05) is 13.0 Å². The van der Waals surface area contributed by atoms with Crippen molar-refractivity contribution in [2.75, 3.05) is 44.8 Å². The lowest BCUT2D eigenvalue weighted by atomic mass is 10.0. The Morgan fingerprint density at radius 1 is 1.26 bits per heavy atom. The van der Waals surface area contributed by atoms with E-state index in [1.54, 1.807) is 16.5 Å². The number of amides is 3. The van der Waals surface area contributed by atoms with Gasteiger partial charge in [-0.25, -0.2) is 9.78 Å². The Labute approximate surface area is 156 Å². The van der Waals surface area contributed by atoms with Crippen LogP contribution in [-0.2, 0) is 9.53 Å². The van der Waals surface area contributed by atoms with Crippen LogP contribution in [0.4, 0.5) is 10.6 Å². The predicted molar refractivity (Wildman–Crippen MR) is 96.4 cm³/mol. The molecule has 2 aliphatic heterocycles. The van der Waals surface area contributed by atoms with E-state index >= 15 is 0 Å². The highest BCUT2D eigenvalue weighted by Crippen LogP contribution is 2.25. The highest BCUT2D eigenvalue weighted by molar-refractivity contribution is 6.02. The van der Waals surface area contributed by atoms with Gasteiger partial charge in [-0.05, 0) is 19.8 Å². The fourth-order valence-electron chi connectivity index (χ4n) is 3.79. The van der Waals surface area contributed by atoms with Gasteiger partial charge in [0.15, 0.2) is 0 Å². The van der Waals surface area contributed by atoms with Crippen LogP contribution in [-0.4, -0.2) is 87.3 Å². The maximum absolute atomic E-state index is 12.6. The van der Waals surface area contributed by atoms with E-state index in [2.05, 4.69) is 20.0 Å². The number of piperidine rings is 1. The molecule has 27 heavy (non-hydrogen) atoms. The highest BCUT2D eigenvalue weighted by Gasteiger charge is 2.40. The summed E-state index contributed by atoms with van der Waals surface area (Å²) in [7, 11) is 1.56. The number of methoxy groups -OCH3 is 1. The second kappa shape index (κ2) is 7.10. The van der Waals surface area contributed by atoms with Gasteiger partial charge in [-0.15, -0.1) is 0 Å². The van der Waals surface area contributed by atoms with Gasteiger partial charge in [-0.1, -0.05) is 0 Å². The Kier molecular flexibility index (Phi) is 4.65. The van der Waals surface area contributed by atoms with Crippen molar-refractivity contribution in [3.05, 3.63) is 18.1 Å². The summed E-state index contributed by atoms with van der Waals surface area (Å²) in [5.41, 5.74) is 0.890. The van der Waals surface area contributed by atoms with Crippen LogP contribution in [0.15, 0.2) is 12.4 Å². The maximum Gasteiger partial charge on any atom is 0.327 e. The molecule has 2 saturated heterocycles. The number of aryl methyl sites for hydroxylation is 1. The number of rotatable bonds is 5. The quantitative estimate of drug-likeness (QED) is 0.696. The maximum atomic E-state index is 12.6. The molecule has 0 spiro atoms. The first-order chi connectivity index (χ1) is 13.1. The van der Waals surface area contributed by atoms with E-state index in [4.69, 9.17) is 4.74 Å². The standard InChI is InChI=1S/C17H23N7O3/c1-12-9-14(24-16(20-12)18-11-19-24)21-5-3-13(4-6-21)23-10-15(25)22(17(23)26)7-8-27-2/h9,11,13H,3-8,10H2,1-2H3. The first kappa shape index (κ1) is 17.7. The summed E-state index contributed by atoms with van der Waals surface area (Å²) in [6.07, 6.45) is 3.10. The molecule has 0 unspecified atom stereocenters. The van der Waals surface area contributed by atoms with Gasteiger partial charge in [-0.3, -0.25) is 9.69 Å². The normalized spacial score (nSPS) is 19.0. The molecule has 0 aromatic carbocycles. The van der Waals surface area contributed by atoms with Gasteiger partial charge >= 0.3 is 6.03 Å². The van der Waals surface area contributed by atoms with Crippen LogP contribution in [0.25, 0.3) is 5.78 Å². The van der Waals surface area contributed by atoms with Crippen LogP contribution in [0.1, 0.15) is 18.5 Å². The number of aromatic nitrogens is 4. The Morgan fingerprint density at radius 2 is 2.04 bits per heavy atom. The fraction of sp³-hybridized carbons (Fsp3) is 0.588. The number of nitrogens with zero attached hydrogens (tertiary/aromatic N) is 7. The smallest absolute Gasteiger partial charge is 0.327 e. The molecule has 2 aromatic rings. The third-order valence-electron chi connectivity index (χ3n) is 5.19. The van der Waals surface area contributed by atoms with Gasteiger partial charge in [0.2, 0.25) is 5.91 Å². The molecule has 0 saturated carbocycles. The van der Waals surface area contributed by atoms with Crippen LogP contribution in [0, 0.1) is 6.92 Å². The van der Waals surface area contributed by atoms with E-state index in [0.29, 0.717) is 18.9 Å². The van der Waals surface area contributed by atoms with Gasteiger partial charge < -0.3 is 14.5 Å². The summed E-state index contributed by atoms with van der Waals surface area (Å²) in [4.78, 5) is 38.5. The van der Waals surface area contributed by atoms with Crippen LogP contribution in [0.5, 0.6) is 0 Å². The lowest BCUT2D eigenvalue weighted by molar-refractivity contribution is -0.125. The number of hydrogen-bond donors (Lipinski definition) is 0. The number of carbonyl (C=O) groups excluding carboxylic acids is 2. The van der Waals surface area contributed by atoms with Gasteiger partial charge in [0, 0.05) is 38.0 Å². The number of fused-ring (bicyclic) bond motifs is 1. The summed E-state index contributed by atoms with van der Waals surface area (Å²) in [6, 6.07) is 1.87. The summed E-state index contributed by atoms with van der Waals surface area (Å²) in [5.74, 6) is 1.40. The second-order valence-electron chi connectivity index (χ2n) is 6.89. The first-order valence-corrected chi connectivity index (χ1v) is 9.10. The van der Waals surface area contributed by atoms with Crippen LogP contribution < -0.4 is 4.90 Å². The highest BCUT2D eigenvalue weighted by atomic mass is 16.5. The Bertz CT molecular complexity index is 859. The number of urea groups is 1. The molecule has 144 valence electrons. The zero-order valence-electron chi connectivity index (χ0n) is 15.5. The van der Waals surface area contributed by atoms with Crippen molar-refractivity contribution in [2.24, 2.45) is 0 Å². The SMILES string of the molecule is COCCN1C(=O)CN(C2CCN(c3cc(C)nc4ncnn34)CC2)C1=O. The van der Waals surface area contributed by atoms with Gasteiger partial charge in [0.25, 0.3) is 5.78 Å². The van der Waals surface area contributed by atoms with Crippen molar-refractivity contribution < 1.29 is 14.3 Å². The van der Waals surface area contributed by atoms with E-state index in [0.717, 1.165) is 37.4 Å². The molecule has 0 bridgehead atoms. The largest absolute Gasteiger partial charge is 0.383 e. The molecule has 0 atom stereocenters. The molecule has 10 heteroatoms. The van der Waals surface area contributed by atoms with Crippen molar-refractivity contribution in [3.8, 4) is 0 Å². The summed E-state index contributed by atoms with van der Waals surface area (Å²) in [6.45, 7) is 4.32. The van der Waals surface area contributed by atoms with Gasteiger partial charge in [0.05, 0.1) is 13.2 Å². The summed E-state index contributed by atoms with van der Waals surface area (Å²) < 4.78 is 6.73. The summed E-state index contributed by atoms with van der Waals surface area (Å²) >= 11 is 0. The number of hydrogen-bond acceptors (Lipinski definition) is 7. The van der Waals surface area contributed by atoms with Crippen molar-refractivity contribution in [3.63, 3.8) is 0 Å². The minimum Gasteiger partial charge on any atom is -0.383 e. The molecule has 10 nitrogen and oxygen atoms in total. The number of imide groups is 1. The predicted octanol–water partition coefficient (Wildman–Crippen LogP) is 0.312. The fourth-order valence-corrected chi connectivity index (χ4v) is 3.79. The number of ether oxygens (including phenoxy) is 1. The zero-order valence-corrected chi connectivity index (χ0v) is 15.5. The monoisotopic (exact) mass is 373 g/mol. The third-order valence-corrected chi connectivity index (χ3v) is 5.19. The molecule has 4 heterocycles. The molecule has 0 radical (unpaired) electrons. The average Bonchev–Trinajstić information content (AvgIpc) is 3.24. The topological polar surface area (TPSA) is 96.2 Å². The van der Waals surface area contributed by atoms with Crippen molar-refractivity contribution in [1.29, 1.82) is 0 Å². The van der Waals surface area contributed by atoms with E-state index in [9.17, 15) is 9.59 Å². The zero-order chi connectivity index (χ0) is 19.0. The van der Waals surface area contributed by atoms with Crippen LogP contribution in [0.3, 0.4) is 0 Å². The molecule has 2 aliphatic rings. The first-order valence-electron chi connectivity index (χ1n) is 9.10. The molecule has 3 amide bonds. The van der Waals surface area contributed by atoms with Gasteiger partial charge in [-0.2, -0.15) is 14.6 Å². The Balaban J connectivity index is 1.44. The molecule has 2 fully saturated rings. The summed E-state index contributed by atoms with van der Waals surface area (Å²) in [5, 5.41) is 4.27. The number of anilines is 1. The van der Waals surface area contributed by atoms with Gasteiger partial charge in [0.1, 0.15) is 18.7 Å². The molecule has 0 aliphatic carbocycles.